The fourth-order valence-electron chi connectivity index (χ4n) is 2.81. The van der Waals surface area contributed by atoms with Crippen molar-refractivity contribution in [2.75, 3.05) is 17.2 Å². The number of nitrogens with one attached hydrogen (secondary N) is 2. The lowest BCUT2D eigenvalue weighted by Crippen LogP contribution is -2.20. The molecule has 0 heterocycles. The number of ether oxygens (including phenoxy) is 1. The molecule has 9 nitrogen and oxygen atoms in total. The second-order valence-corrected chi connectivity index (χ2v) is 7.19. The first-order valence-electron chi connectivity index (χ1n) is 9.81. The van der Waals surface area contributed by atoms with Crippen molar-refractivity contribution in [3.63, 3.8) is 0 Å². The van der Waals surface area contributed by atoms with Gasteiger partial charge in [-0.1, -0.05) is 48.0 Å². The Morgan fingerprint density at radius 3 is 2.44 bits per heavy atom. The van der Waals surface area contributed by atoms with E-state index in [9.17, 15) is 25.0 Å². The first kappa shape index (κ1) is 24.0. The third-order valence-corrected chi connectivity index (χ3v) is 4.72. The summed E-state index contributed by atoms with van der Waals surface area (Å²) < 4.78 is 5.59. The average Bonchev–Trinajstić information content (AvgIpc) is 2.83. The summed E-state index contributed by atoms with van der Waals surface area (Å²) in [6.45, 7) is -0.285. The fraction of sp³-hybridized carbons (Fsp3) is 0.0417. The van der Waals surface area contributed by atoms with Gasteiger partial charge in [0.15, 0.2) is 6.61 Å². The van der Waals surface area contributed by atoms with Gasteiger partial charge in [0.25, 0.3) is 17.5 Å². The summed E-state index contributed by atoms with van der Waals surface area (Å²) in [5.41, 5.74) is 0.635. The Balaban J connectivity index is 1.72. The molecule has 0 aliphatic rings. The largest absolute Gasteiger partial charge is 0.483 e. The molecule has 3 aromatic rings. The summed E-state index contributed by atoms with van der Waals surface area (Å²) in [5, 5.41) is 25.4. The van der Waals surface area contributed by atoms with Gasteiger partial charge in [0.2, 0.25) is 0 Å². The van der Waals surface area contributed by atoms with Crippen LogP contribution in [0.1, 0.15) is 5.56 Å². The standard InChI is InChI=1S/C24H17ClN4O5/c25-20-13-19(29(32)33)10-11-21(20)28-24(31)17(14-26)12-16-6-4-5-9-22(16)34-15-23(30)27-18-7-2-1-3-8-18/h1-13H,15H2,(H,27,30)(H,28,31)/b17-12+. The summed E-state index contributed by atoms with van der Waals surface area (Å²) in [6, 6.07) is 20.8. The van der Waals surface area contributed by atoms with Crippen LogP contribution in [-0.4, -0.2) is 23.3 Å². The maximum Gasteiger partial charge on any atom is 0.271 e. The molecule has 3 aromatic carbocycles. The highest BCUT2D eigenvalue weighted by Crippen LogP contribution is 2.27. The summed E-state index contributed by atoms with van der Waals surface area (Å²) >= 11 is 6.00. The summed E-state index contributed by atoms with van der Waals surface area (Å²) in [5.74, 6) is -0.856. The molecule has 0 spiro atoms. The van der Waals surface area contributed by atoms with Gasteiger partial charge in [-0.25, -0.2) is 0 Å². The number of nitriles is 1. The quantitative estimate of drug-likeness (QED) is 0.207. The second kappa shape index (κ2) is 11.3. The highest BCUT2D eigenvalue weighted by atomic mass is 35.5. The molecule has 0 radical (unpaired) electrons. The monoisotopic (exact) mass is 476 g/mol. The smallest absolute Gasteiger partial charge is 0.271 e. The first-order valence-corrected chi connectivity index (χ1v) is 10.2. The van der Waals surface area contributed by atoms with Crippen LogP contribution in [0.2, 0.25) is 5.02 Å². The number of para-hydroxylation sites is 2. The average molecular weight is 477 g/mol. The minimum Gasteiger partial charge on any atom is -0.483 e. The van der Waals surface area contributed by atoms with E-state index < -0.39 is 10.8 Å². The molecule has 0 saturated heterocycles. The molecule has 10 heteroatoms. The Labute approximate surface area is 199 Å². The number of amides is 2. The van der Waals surface area contributed by atoms with Crippen LogP contribution in [0.15, 0.2) is 78.4 Å². The number of anilines is 2. The van der Waals surface area contributed by atoms with Crippen LogP contribution in [0.3, 0.4) is 0 Å². The zero-order chi connectivity index (χ0) is 24.5. The van der Waals surface area contributed by atoms with E-state index in [1.165, 1.54) is 18.2 Å². The van der Waals surface area contributed by atoms with Gasteiger partial charge in [0.1, 0.15) is 17.4 Å². The van der Waals surface area contributed by atoms with Crippen molar-refractivity contribution < 1.29 is 19.2 Å². The van der Waals surface area contributed by atoms with Crippen LogP contribution < -0.4 is 15.4 Å². The summed E-state index contributed by atoms with van der Waals surface area (Å²) in [4.78, 5) is 35.0. The third kappa shape index (κ3) is 6.41. The van der Waals surface area contributed by atoms with E-state index in [4.69, 9.17) is 16.3 Å². The van der Waals surface area contributed by atoms with Gasteiger partial charge < -0.3 is 15.4 Å². The SMILES string of the molecule is N#C/C(=C\c1ccccc1OCC(=O)Nc1ccccc1)C(=O)Nc1ccc([N+](=O)[O-])cc1Cl. The van der Waals surface area contributed by atoms with Crippen LogP contribution >= 0.6 is 11.6 Å². The number of benzene rings is 3. The van der Waals surface area contributed by atoms with Crippen LogP contribution in [0.4, 0.5) is 17.1 Å². The lowest BCUT2D eigenvalue weighted by atomic mass is 10.1. The second-order valence-electron chi connectivity index (χ2n) is 6.79. The summed E-state index contributed by atoms with van der Waals surface area (Å²) in [6.07, 6.45) is 1.30. The van der Waals surface area contributed by atoms with Gasteiger partial charge in [0, 0.05) is 23.4 Å². The number of rotatable bonds is 8. The maximum absolute atomic E-state index is 12.6. The number of hydrogen-bond donors (Lipinski definition) is 2. The van der Waals surface area contributed by atoms with Crippen molar-refractivity contribution in [3.8, 4) is 11.8 Å². The predicted molar refractivity (Wildman–Crippen MR) is 127 cm³/mol. The van der Waals surface area contributed by atoms with Crippen LogP contribution in [0, 0.1) is 21.4 Å². The Bertz CT molecular complexity index is 1300. The molecule has 0 bridgehead atoms. The van der Waals surface area contributed by atoms with Crippen molar-refractivity contribution >= 4 is 46.6 Å². The van der Waals surface area contributed by atoms with Gasteiger partial charge >= 0.3 is 0 Å². The zero-order valence-corrected chi connectivity index (χ0v) is 18.3. The Hall–Kier alpha value is -4.68. The maximum atomic E-state index is 12.6. The number of non-ortho nitro benzene ring substituents is 1. The highest BCUT2D eigenvalue weighted by molar-refractivity contribution is 6.34. The van der Waals surface area contributed by atoms with E-state index in [-0.39, 0.29) is 34.5 Å². The molecular formula is C24H17ClN4O5. The highest BCUT2D eigenvalue weighted by Gasteiger charge is 2.15. The van der Waals surface area contributed by atoms with Gasteiger partial charge in [-0.3, -0.25) is 19.7 Å². The van der Waals surface area contributed by atoms with Gasteiger partial charge in [0.05, 0.1) is 15.6 Å². The number of carbonyl (C=O) groups excluding carboxylic acids is 2. The van der Waals surface area contributed by atoms with Crippen molar-refractivity contribution in [2.45, 2.75) is 0 Å². The van der Waals surface area contributed by atoms with Crippen molar-refractivity contribution in [3.05, 3.63) is 99.1 Å². The molecular weight excluding hydrogens is 460 g/mol. The summed E-state index contributed by atoms with van der Waals surface area (Å²) in [7, 11) is 0. The van der Waals surface area contributed by atoms with Crippen LogP contribution in [0.25, 0.3) is 6.08 Å². The van der Waals surface area contributed by atoms with Crippen molar-refractivity contribution in [1.82, 2.24) is 0 Å². The van der Waals surface area contributed by atoms with E-state index in [0.29, 0.717) is 17.0 Å². The van der Waals surface area contributed by atoms with Crippen LogP contribution in [0.5, 0.6) is 5.75 Å². The predicted octanol–water partition coefficient (Wildman–Crippen LogP) is 4.81. The molecule has 0 atom stereocenters. The van der Waals surface area contributed by atoms with E-state index in [1.54, 1.807) is 48.5 Å². The minimum absolute atomic E-state index is 0.0481. The molecule has 2 N–H and O–H groups in total. The molecule has 0 unspecified atom stereocenters. The van der Waals surface area contributed by atoms with E-state index in [0.717, 1.165) is 6.07 Å². The number of halogens is 1. The Morgan fingerprint density at radius 1 is 1.06 bits per heavy atom. The molecule has 3 rings (SSSR count). The van der Waals surface area contributed by atoms with Crippen LogP contribution in [-0.2, 0) is 9.59 Å². The molecule has 0 aliphatic carbocycles. The number of nitro benzene ring substituents is 1. The van der Waals surface area contributed by atoms with Gasteiger partial charge in [-0.2, -0.15) is 5.26 Å². The molecule has 34 heavy (non-hydrogen) atoms. The molecule has 0 fully saturated rings. The number of nitrogens with zero attached hydrogens (tertiary/aromatic N) is 2. The van der Waals surface area contributed by atoms with E-state index >= 15 is 0 Å². The molecule has 0 saturated carbocycles. The zero-order valence-electron chi connectivity index (χ0n) is 17.5. The lowest BCUT2D eigenvalue weighted by molar-refractivity contribution is -0.384. The van der Waals surface area contributed by atoms with Gasteiger partial charge in [-0.05, 0) is 30.3 Å². The van der Waals surface area contributed by atoms with E-state index in [2.05, 4.69) is 10.6 Å². The number of carbonyl (C=O) groups is 2. The number of nitro groups is 1. The van der Waals surface area contributed by atoms with Gasteiger partial charge in [-0.15, -0.1) is 0 Å². The van der Waals surface area contributed by atoms with E-state index in [1.807, 2.05) is 12.1 Å². The third-order valence-electron chi connectivity index (χ3n) is 4.41. The first-order chi connectivity index (χ1) is 16.4. The molecule has 170 valence electrons. The molecule has 2 amide bonds. The number of hydrogen-bond acceptors (Lipinski definition) is 6. The Kier molecular flexibility index (Phi) is 7.94. The topological polar surface area (TPSA) is 134 Å². The minimum atomic E-state index is -0.769. The fourth-order valence-corrected chi connectivity index (χ4v) is 3.03. The molecule has 0 aliphatic heterocycles. The van der Waals surface area contributed by atoms with Crippen molar-refractivity contribution in [2.24, 2.45) is 0 Å². The Morgan fingerprint density at radius 2 is 1.76 bits per heavy atom. The van der Waals surface area contributed by atoms with Crippen molar-refractivity contribution in [1.29, 1.82) is 5.26 Å². The lowest BCUT2D eigenvalue weighted by Gasteiger charge is -2.10. The normalized spacial score (nSPS) is 10.6. The molecule has 0 aromatic heterocycles.